The quantitative estimate of drug-likeness (QED) is 0.481. The number of hydrogen-bond acceptors (Lipinski definition) is 6. The number of anilines is 1. The summed E-state index contributed by atoms with van der Waals surface area (Å²) >= 11 is 0. The number of halogens is 6. The molecular formula is C17H16F6N4O2. The molecule has 2 atom stereocenters. The fraction of sp³-hybridized carbons (Fsp3) is 0.471. The third-order valence-electron chi connectivity index (χ3n) is 4.25. The van der Waals surface area contributed by atoms with Crippen LogP contribution in [-0.4, -0.2) is 27.5 Å². The molecule has 1 aliphatic heterocycles. The standard InChI is InChI=1S/C17H16F6N4O2/c1-8-5-3-2-4-6-9(16(18,19)20)14-26-27-15(29-14)12-11(24)7-10(17(21,22)23)13(25-12)28-8/h2,4,7-9H,3,5-6,24H2,1H3/b4-2+/t8-,9?/m1/s1. The van der Waals surface area contributed by atoms with Gasteiger partial charge >= 0.3 is 12.4 Å². The van der Waals surface area contributed by atoms with Crippen molar-refractivity contribution in [3.8, 4) is 17.5 Å². The predicted octanol–water partition coefficient (Wildman–Crippen LogP) is 4.89. The van der Waals surface area contributed by atoms with Crippen LogP contribution < -0.4 is 10.5 Å². The second-order valence-corrected chi connectivity index (χ2v) is 6.53. The number of aromatic nitrogens is 3. The zero-order valence-corrected chi connectivity index (χ0v) is 15.0. The van der Waals surface area contributed by atoms with E-state index in [1.807, 2.05) is 0 Å². The molecule has 2 aromatic heterocycles. The first-order valence-corrected chi connectivity index (χ1v) is 8.56. The highest BCUT2D eigenvalue weighted by Crippen LogP contribution is 2.41. The molecule has 2 aromatic rings. The molecule has 4 bridgehead atoms. The number of nitrogen functional groups attached to an aromatic ring is 1. The van der Waals surface area contributed by atoms with Crippen molar-refractivity contribution < 1.29 is 35.5 Å². The van der Waals surface area contributed by atoms with Crippen LogP contribution in [0.4, 0.5) is 32.0 Å². The van der Waals surface area contributed by atoms with Gasteiger partial charge in [0.25, 0.3) is 5.89 Å². The minimum Gasteiger partial charge on any atom is -0.474 e. The van der Waals surface area contributed by atoms with Gasteiger partial charge in [0, 0.05) is 0 Å². The number of alkyl halides is 6. The number of nitrogens with zero attached hydrogens (tertiary/aromatic N) is 3. The summed E-state index contributed by atoms with van der Waals surface area (Å²) in [5, 5.41) is 6.90. The summed E-state index contributed by atoms with van der Waals surface area (Å²) in [5.41, 5.74) is 3.57. The van der Waals surface area contributed by atoms with E-state index in [9.17, 15) is 26.3 Å². The normalized spacial score (nSPS) is 21.9. The highest BCUT2D eigenvalue weighted by molar-refractivity contribution is 5.68. The molecule has 2 N–H and O–H groups in total. The van der Waals surface area contributed by atoms with Crippen molar-refractivity contribution in [3.63, 3.8) is 0 Å². The Morgan fingerprint density at radius 3 is 2.48 bits per heavy atom. The Bertz CT molecular complexity index is 906. The molecule has 0 fully saturated rings. The van der Waals surface area contributed by atoms with E-state index >= 15 is 0 Å². The molecule has 3 rings (SSSR count). The van der Waals surface area contributed by atoms with Gasteiger partial charge in [-0.2, -0.15) is 26.3 Å². The first kappa shape index (κ1) is 20.9. The van der Waals surface area contributed by atoms with Crippen LogP contribution in [-0.2, 0) is 6.18 Å². The maximum atomic E-state index is 13.4. The van der Waals surface area contributed by atoms with Gasteiger partial charge < -0.3 is 14.9 Å². The third kappa shape index (κ3) is 4.62. The van der Waals surface area contributed by atoms with E-state index in [0.717, 1.165) is 0 Å². The van der Waals surface area contributed by atoms with E-state index in [1.165, 1.54) is 19.1 Å². The zero-order valence-electron chi connectivity index (χ0n) is 15.0. The maximum absolute atomic E-state index is 13.4. The number of nitrogens with two attached hydrogens (primary N) is 1. The molecule has 6 nitrogen and oxygen atoms in total. The Hall–Kier alpha value is -2.79. The fourth-order valence-electron chi connectivity index (χ4n) is 2.75. The topological polar surface area (TPSA) is 87.1 Å². The summed E-state index contributed by atoms with van der Waals surface area (Å²) in [6, 6.07) is 0.585. The van der Waals surface area contributed by atoms with E-state index < -0.39 is 59.7 Å². The van der Waals surface area contributed by atoms with Crippen LogP contribution in [0.5, 0.6) is 5.88 Å². The molecule has 3 heterocycles. The average Bonchev–Trinajstić information content (AvgIpc) is 3.05. The molecule has 0 aliphatic carbocycles. The first-order chi connectivity index (χ1) is 13.5. The van der Waals surface area contributed by atoms with Gasteiger partial charge in [-0.3, -0.25) is 0 Å². The Kier molecular flexibility index (Phi) is 5.46. The molecule has 12 heteroatoms. The molecule has 0 saturated carbocycles. The minimum atomic E-state index is -4.80. The van der Waals surface area contributed by atoms with E-state index in [2.05, 4.69) is 15.2 Å². The zero-order chi connectivity index (χ0) is 21.4. The molecule has 1 unspecified atom stereocenters. The number of fused-ring (bicyclic) bond motifs is 5. The van der Waals surface area contributed by atoms with Crippen molar-refractivity contribution in [3.05, 3.63) is 29.7 Å². The van der Waals surface area contributed by atoms with Crippen LogP contribution in [0.3, 0.4) is 0 Å². The molecule has 29 heavy (non-hydrogen) atoms. The van der Waals surface area contributed by atoms with Crippen LogP contribution in [0, 0.1) is 0 Å². The van der Waals surface area contributed by atoms with Crippen molar-refractivity contribution in [1.29, 1.82) is 0 Å². The second kappa shape index (κ2) is 7.56. The fourth-order valence-corrected chi connectivity index (χ4v) is 2.75. The summed E-state index contributed by atoms with van der Waals surface area (Å²) < 4.78 is 90.6. The number of hydrogen-bond donors (Lipinski definition) is 1. The Morgan fingerprint density at radius 1 is 1.10 bits per heavy atom. The van der Waals surface area contributed by atoms with Crippen molar-refractivity contribution in [2.45, 2.75) is 50.6 Å². The lowest BCUT2D eigenvalue weighted by molar-refractivity contribution is -0.154. The summed E-state index contributed by atoms with van der Waals surface area (Å²) in [7, 11) is 0. The number of allylic oxidation sites excluding steroid dienone is 2. The SMILES string of the molecule is C[C@@H]1CC/C=C/CC(C(F)(F)F)c2nnc(o2)-c2nc(c(C(F)(F)F)cc2N)O1. The molecule has 0 spiro atoms. The van der Waals surface area contributed by atoms with Gasteiger partial charge in [0.15, 0.2) is 5.69 Å². The second-order valence-electron chi connectivity index (χ2n) is 6.53. The van der Waals surface area contributed by atoms with Crippen LogP contribution in [0.2, 0.25) is 0 Å². The lowest BCUT2D eigenvalue weighted by Crippen LogP contribution is -2.20. The van der Waals surface area contributed by atoms with Crippen molar-refractivity contribution in [2.24, 2.45) is 0 Å². The van der Waals surface area contributed by atoms with Gasteiger partial charge in [-0.25, -0.2) is 4.98 Å². The van der Waals surface area contributed by atoms with Crippen molar-refractivity contribution >= 4 is 5.69 Å². The summed E-state index contributed by atoms with van der Waals surface area (Å²) in [6.07, 6.45) is -7.21. The van der Waals surface area contributed by atoms with Crippen molar-refractivity contribution in [2.75, 3.05) is 5.73 Å². The Balaban J connectivity index is 2.15. The van der Waals surface area contributed by atoms with Crippen LogP contribution in [0.15, 0.2) is 22.6 Å². The third-order valence-corrected chi connectivity index (χ3v) is 4.25. The van der Waals surface area contributed by atoms with Gasteiger partial charge in [-0.1, -0.05) is 12.2 Å². The van der Waals surface area contributed by atoms with Crippen LogP contribution in [0.1, 0.15) is 43.6 Å². The van der Waals surface area contributed by atoms with Crippen LogP contribution >= 0.6 is 0 Å². The highest BCUT2D eigenvalue weighted by Gasteiger charge is 2.44. The lowest BCUT2D eigenvalue weighted by Gasteiger charge is -2.19. The molecule has 1 aliphatic rings. The highest BCUT2D eigenvalue weighted by atomic mass is 19.4. The van der Waals surface area contributed by atoms with Gasteiger partial charge in [-0.15, -0.1) is 10.2 Å². The van der Waals surface area contributed by atoms with Crippen LogP contribution in [0.25, 0.3) is 11.6 Å². The monoisotopic (exact) mass is 422 g/mol. The molecule has 0 amide bonds. The van der Waals surface area contributed by atoms with E-state index in [0.29, 0.717) is 12.5 Å². The molecule has 0 aromatic carbocycles. The van der Waals surface area contributed by atoms with Gasteiger partial charge in [-0.05, 0) is 32.3 Å². The minimum absolute atomic E-state index is 0.268. The lowest BCUT2D eigenvalue weighted by atomic mass is 10.0. The Labute approximate surface area is 160 Å². The molecule has 0 radical (unpaired) electrons. The smallest absolute Gasteiger partial charge is 0.421 e. The van der Waals surface area contributed by atoms with E-state index in [4.69, 9.17) is 14.9 Å². The van der Waals surface area contributed by atoms with Gasteiger partial charge in [0.2, 0.25) is 11.8 Å². The molecule has 0 saturated heterocycles. The number of ether oxygens (including phenoxy) is 1. The largest absolute Gasteiger partial charge is 0.474 e. The molecule has 158 valence electrons. The van der Waals surface area contributed by atoms with Gasteiger partial charge in [0.1, 0.15) is 11.5 Å². The Morgan fingerprint density at radius 2 is 1.83 bits per heavy atom. The van der Waals surface area contributed by atoms with Crippen molar-refractivity contribution in [1.82, 2.24) is 15.2 Å². The average molecular weight is 422 g/mol. The summed E-state index contributed by atoms with van der Waals surface area (Å²) in [6.45, 7) is 1.53. The van der Waals surface area contributed by atoms with E-state index in [-0.39, 0.29) is 12.1 Å². The van der Waals surface area contributed by atoms with Gasteiger partial charge in [0.05, 0.1) is 11.8 Å². The van der Waals surface area contributed by atoms with E-state index in [1.54, 1.807) is 0 Å². The molecular weight excluding hydrogens is 406 g/mol. The number of pyridine rings is 1. The summed E-state index contributed by atoms with van der Waals surface area (Å²) in [5.74, 6) is -4.08. The number of rotatable bonds is 0. The first-order valence-electron chi connectivity index (χ1n) is 8.56. The predicted molar refractivity (Wildman–Crippen MR) is 88.8 cm³/mol. The maximum Gasteiger partial charge on any atom is 0.421 e. The summed E-state index contributed by atoms with van der Waals surface area (Å²) in [4.78, 5) is 3.75.